The molecule has 1 aliphatic carbocycles. The average Bonchev–Trinajstić information content (AvgIpc) is 2.41. The van der Waals surface area contributed by atoms with Crippen molar-refractivity contribution in [1.29, 1.82) is 0 Å². The van der Waals surface area contributed by atoms with Crippen LogP contribution in [0.4, 0.5) is 8.78 Å². The molecular formula is C13H18F2N2O2S. The molecule has 112 valence electrons. The van der Waals surface area contributed by atoms with E-state index in [1.54, 1.807) is 0 Å². The molecule has 0 aromatic heterocycles. The highest BCUT2D eigenvalue weighted by Crippen LogP contribution is 2.23. The molecule has 0 aliphatic heterocycles. The summed E-state index contributed by atoms with van der Waals surface area (Å²) in [5.74, 6) is -1.99. The third-order valence-electron chi connectivity index (χ3n) is 3.65. The van der Waals surface area contributed by atoms with E-state index in [4.69, 9.17) is 5.73 Å². The second kappa shape index (κ2) is 6.15. The van der Waals surface area contributed by atoms with Crippen molar-refractivity contribution in [3.05, 3.63) is 29.8 Å². The predicted molar refractivity (Wildman–Crippen MR) is 71.5 cm³/mol. The molecule has 1 fully saturated rings. The van der Waals surface area contributed by atoms with E-state index in [1.807, 2.05) is 0 Å². The van der Waals surface area contributed by atoms with E-state index >= 15 is 0 Å². The summed E-state index contributed by atoms with van der Waals surface area (Å²) in [6, 6.07) is 2.75. The third kappa shape index (κ3) is 3.74. The van der Waals surface area contributed by atoms with Gasteiger partial charge < -0.3 is 5.73 Å². The average molecular weight is 304 g/mol. The number of hydrogen-bond donors (Lipinski definition) is 2. The molecule has 0 heterocycles. The van der Waals surface area contributed by atoms with E-state index in [2.05, 4.69) is 4.72 Å². The first kappa shape index (κ1) is 15.3. The maximum Gasteiger partial charge on any atom is 0.240 e. The monoisotopic (exact) mass is 304 g/mol. The summed E-state index contributed by atoms with van der Waals surface area (Å²) in [6.07, 6.45) is 3.53. The maximum atomic E-state index is 13.1. The van der Waals surface area contributed by atoms with E-state index in [0.717, 1.165) is 37.8 Å². The number of rotatable bonds is 4. The smallest absolute Gasteiger partial charge is 0.240 e. The minimum atomic E-state index is -3.80. The lowest BCUT2D eigenvalue weighted by Crippen LogP contribution is -2.34. The Balaban J connectivity index is 1.98. The minimum absolute atomic E-state index is 0.203. The molecule has 0 atom stereocenters. The molecule has 0 radical (unpaired) electrons. The van der Waals surface area contributed by atoms with Crippen LogP contribution < -0.4 is 10.5 Å². The highest BCUT2D eigenvalue weighted by Gasteiger charge is 2.22. The van der Waals surface area contributed by atoms with Gasteiger partial charge in [-0.15, -0.1) is 0 Å². The topological polar surface area (TPSA) is 72.2 Å². The summed E-state index contributed by atoms with van der Waals surface area (Å²) in [6.45, 7) is 0.300. The van der Waals surface area contributed by atoms with Crippen LogP contribution in [0.15, 0.2) is 23.1 Å². The Morgan fingerprint density at radius 1 is 1.15 bits per heavy atom. The SMILES string of the molecule is NC1CCC(CNS(=O)(=O)c2ccc(F)c(F)c2)CC1. The van der Waals surface area contributed by atoms with Crippen molar-refractivity contribution in [2.45, 2.75) is 36.6 Å². The molecule has 0 unspecified atom stereocenters. The van der Waals surface area contributed by atoms with Gasteiger partial charge in [0.1, 0.15) is 0 Å². The first-order valence-corrected chi connectivity index (χ1v) is 8.07. The molecule has 7 heteroatoms. The van der Waals surface area contributed by atoms with Crippen molar-refractivity contribution in [3.63, 3.8) is 0 Å². The summed E-state index contributed by atoms with van der Waals surface area (Å²) < 4.78 is 52.3. The van der Waals surface area contributed by atoms with Crippen molar-refractivity contribution in [2.24, 2.45) is 11.7 Å². The molecular weight excluding hydrogens is 286 g/mol. The number of halogens is 2. The maximum absolute atomic E-state index is 13.1. The van der Waals surface area contributed by atoms with Crippen LogP contribution in [0.3, 0.4) is 0 Å². The molecule has 1 aliphatic rings. The van der Waals surface area contributed by atoms with E-state index in [0.29, 0.717) is 12.6 Å². The van der Waals surface area contributed by atoms with E-state index < -0.39 is 21.7 Å². The van der Waals surface area contributed by atoms with Gasteiger partial charge >= 0.3 is 0 Å². The Morgan fingerprint density at radius 2 is 1.80 bits per heavy atom. The van der Waals surface area contributed by atoms with E-state index in [1.165, 1.54) is 0 Å². The molecule has 1 aromatic rings. The van der Waals surface area contributed by atoms with Gasteiger partial charge in [0.2, 0.25) is 10.0 Å². The fourth-order valence-corrected chi connectivity index (χ4v) is 3.47. The van der Waals surface area contributed by atoms with Gasteiger partial charge in [-0.2, -0.15) is 0 Å². The lowest BCUT2D eigenvalue weighted by atomic mass is 9.87. The second-order valence-electron chi connectivity index (χ2n) is 5.21. The molecule has 0 saturated heterocycles. The molecule has 20 heavy (non-hydrogen) atoms. The number of nitrogens with one attached hydrogen (secondary N) is 1. The lowest BCUT2D eigenvalue weighted by Gasteiger charge is -2.26. The molecule has 3 N–H and O–H groups in total. The number of sulfonamides is 1. The van der Waals surface area contributed by atoms with Crippen LogP contribution in [0.1, 0.15) is 25.7 Å². The predicted octanol–water partition coefficient (Wildman–Crippen LogP) is 1.76. The first-order chi connectivity index (χ1) is 9.38. The Hall–Kier alpha value is -1.05. The Bertz CT molecular complexity index is 570. The largest absolute Gasteiger partial charge is 0.328 e. The van der Waals surface area contributed by atoms with Gasteiger partial charge in [0.25, 0.3) is 0 Å². The van der Waals surface area contributed by atoms with Gasteiger partial charge in [-0.1, -0.05) is 0 Å². The Morgan fingerprint density at radius 3 is 2.40 bits per heavy atom. The third-order valence-corrected chi connectivity index (χ3v) is 5.08. The Labute approximate surface area is 117 Å². The van der Waals surface area contributed by atoms with Crippen molar-refractivity contribution in [2.75, 3.05) is 6.54 Å². The fraction of sp³-hybridized carbons (Fsp3) is 0.538. The normalized spacial score (nSPS) is 23.8. The molecule has 0 spiro atoms. The van der Waals surface area contributed by atoms with Crippen molar-refractivity contribution < 1.29 is 17.2 Å². The standard InChI is InChI=1S/C13H18F2N2O2S/c14-12-6-5-11(7-13(12)15)20(18,19)17-8-9-1-3-10(16)4-2-9/h5-7,9-10,17H,1-4,8,16H2. The van der Waals surface area contributed by atoms with Crippen molar-refractivity contribution >= 4 is 10.0 Å². The van der Waals surface area contributed by atoms with Gasteiger partial charge in [-0.3, -0.25) is 0 Å². The van der Waals surface area contributed by atoms with Crippen molar-refractivity contribution in [1.82, 2.24) is 4.72 Å². The number of hydrogen-bond acceptors (Lipinski definition) is 3. The molecule has 4 nitrogen and oxygen atoms in total. The molecule has 0 amide bonds. The lowest BCUT2D eigenvalue weighted by molar-refractivity contribution is 0.326. The Kier molecular flexibility index (Phi) is 4.72. The van der Waals surface area contributed by atoms with Gasteiger partial charge in [-0.25, -0.2) is 21.9 Å². The quantitative estimate of drug-likeness (QED) is 0.890. The van der Waals surface area contributed by atoms with Crippen LogP contribution in [0.2, 0.25) is 0 Å². The summed E-state index contributed by atoms with van der Waals surface area (Å²) >= 11 is 0. The van der Waals surface area contributed by atoms with Crippen LogP contribution in [-0.4, -0.2) is 21.0 Å². The summed E-state index contributed by atoms with van der Waals surface area (Å²) in [5.41, 5.74) is 5.78. The summed E-state index contributed by atoms with van der Waals surface area (Å²) in [4.78, 5) is -0.260. The molecule has 0 bridgehead atoms. The molecule has 1 aromatic carbocycles. The van der Waals surface area contributed by atoms with E-state index in [-0.39, 0.29) is 16.9 Å². The first-order valence-electron chi connectivity index (χ1n) is 6.59. The number of nitrogens with two attached hydrogens (primary N) is 1. The van der Waals surface area contributed by atoms with Crippen molar-refractivity contribution in [3.8, 4) is 0 Å². The van der Waals surface area contributed by atoms with Gasteiger partial charge in [0, 0.05) is 12.6 Å². The highest BCUT2D eigenvalue weighted by atomic mass is 32.2. The molecule has 1 saturated carbocycles. The number of benzene rings is 1. The van der Waals surface area contributed by atoms with Gasteiger partial charge in [-0.05, 0) is 49.8 Å². The second-order valence-corrected chi connectivity index (χ2v) is 6.98. The zero-order valence-corrected chi connectivity index (χ0v) is 11.8. The highest BCUT2D eigenvalue weighted by molar-refractivity contribution is 7.89. The zero-order valence-electron chi connectivity index (χ0n) is 11.0. The minimum Gasteiger partial charge on any atom is -0.328 e. The van der Waals surface area contributed by atoms with Gasteiger partial charge in [0.15, 0.2) is 11.6 Å². The van der Waals surface area contributed by atoms with Gasteiger partial charge in [0.05, 0.1) is 4.90 Å². The zero-order chi connectivity index (χ0) is 14.8. The fourth-order valence-electron chi connectivity index (χ4n) is 2.35. The summed E-state index contributed by atoms with van der Waals surface area (Å²) in [7, 11) is -3.80. The van der Waals surface area contributed by atoms with Crippen LogP contribution in [0.25, 0.3) is 0 Å². The van der Waals surface area contributed by atoms with Crippen LogP contribution in [-0.2, 0) is 10.0 Å². The molecule has 2 rings (SSSR count). The van der Waals surface area contributed by atoms with E-state index in [9.17, 15) is 17.2 Å². The summed E-state index contributed by atoms with van der Waals surface area (Å²) in [5, 5.41) is 0. The van der Waals surface area contributed by atoms with Crippen LogP contribution >= 0.6 is 0 Å². The van der Waals surface area contributed by atoms with Crippen LogP contribution in [0.5, 0.6) is 0 Å². The van der Waals surface area contributed by atoms with Crippen LogP contribution in [0, 0.1) is 17.6 Å².